The van der Waals surface area contributed by atoms with Crippen LogP contribution < -0.4 is 4.74 Å². The van der Waals surface area contributed by atoms with E-state index in [2.05, 4.69) is 9.80 Å². The second-order valence-corrected chi connectivity index (χ2v) is 8.08. The molecule has 0 N–H and O–H groups in total. The van der Waals surface area contributed by atoms with E-state index in [0.717, 1.165) is 70.7 Å². The number of amides is 1. The van der Waals surface area contributed by atoms with Gasteiger partial charge in [0.1, 0.15) is 11.9 Å². The van der Waals surface area contributed by atoms with Crippen LogP contribution in [0.5, 0.6) is 5.75 Å². The van der Waals surface area contributed by atoms with Crippen molar-refractivity contribution in [3.8, 4) is 5.75 Å². The molecule has 148 valence electrons. The van der Waals surface area contributed by atoms with E-state index in [1.54, 1.807) is 0 Å². The zero-order valence-corrected chi connectivity index (χ0v) is 16.2. The van der Waals surface area contributed by atoms with E-state index in [1.165, 1.54) is 12.8 Å². The molecule has 4 rings (SSSR count). The second kappa shape index (κ2) is 9.07. The molecule has 3 aliphatic rings. The Morgan fingerprint density at radius 1 is 1.00 bits per heavy atom. The predicted octanol–water partition coefficient (Wildman–Crippen LogP) is 3.09. The third-order valence-electron chi connectivity index (χ3n) is 6.21. The van der Waals surface area contributed by atoms with E-state index in [4.69, 9.17) is 9.47 Å². The third kappa shape index (κ3) is 4.64. The number of hydrogen-bond acceptors (Lipinski definition) is 4. The highest BCUT2D eigenvalue weighted by atomic mass is 16.5. The largest absolute Gasteiger partial charge is 0.489 e. The number of likely N-dealkylation sites (tertiary alicyclic amines) is 2. The smallest absolute Gasteiger partial charge is 0.240 e. The Labute approximate surface area is 162 Å². The minimum absolute atomic E-state index is 0.0417. The molecule has 0 bridgehead atoms. The zero-order valence-electron chi connectivity index (χ0n) is 16.2. The molecule has 0 aliphatic carbocycles. The Kier molecular flexibility index (Phi) is 6.30. The molecule has 1 aromatic carbocycles. The van der Waals surface area contributed by atoms with Crippen molar-refractivity contribution >= 4 is 5.91 Å². The highest BCUT2D eigenvalue weighted by Gasteiger charge is 2.43. The Balaban J connectivity index is 1.47. The molecule has 0 spiro atoms. The minimum atomic E-state index is -0.0417. The van der Waals surface area contributed by atoms with Crippen LogP contribution in [0.2, 0.25) is 0 Å². The van der Waals surface area contributed by atoms with E-state index in [9.17, 15) is 4.79 Å². The normalized spacial score (nSPS) is 28.1. The van der Waals surface area contributed by atoms with Crippen LogP contribution in [0.1, 0.15) is 44.9 Å². The fraction of sp³-hybridized carbons (Fsp3) is 0.682. The second-order valence-electron chi connectivity index (χ2n) is 8.08. The average Bonchev–Trinajstić information content (AvgIpc) is 2.94. The first-order chi connectivity index (χ1) is 13.3. The first-order valence-corrected chi connectivity index (χ1v) is 10.7. The van der Waals surface area contributed by atoms with Crippen LogP contribution in [0.15, 0.2) is 30.3 Å². The topological polar surface area (TPSA) is 42.0 Å². The molecule has 1 amide bonds. The van der Waals surface area contributed by atoms with Crippen molar-refractivity contribution in [2.45, 2.75) is 63.1 Å². The molecule has 0 radical (unpaired) electrons. The van der Waals surface area contributed by atoms with Gasteiger partial charge in [0.2, 0.25) is 5.91 Å². The maximum Gasteiger partial charge on any atom is 0.240 e. The number of hydrogen-bond donors (Lipinski definition) is 0. The van der Waals surface area contributed by atoms with E-state index in [0.29, 0.717) is 11.9 Å². The van der Waals surface area contributed by atoms with Crippen molar-refractivity contribution in [1.29, 1.82) is 0 Å². The molecule has 27 heavy (non-hydrogen) atoms. The standard InChI is InChI=1S/C22H32N2O3/c25-22(23-12-6-1-2-7-13-23)21-16-20(27-19-8-4-3-5-9-19)17-24(21)18-10-14-26-15-11-18/h3-5,8-9,18,20-21H,1-2,6-7,10-17H2/t20-,21-/m0/s1. The van der Waals surface area contributed by atoms with Crippen molar-refractivity contribution < 1.29 is 14.3 Å². The molecule has 3 heterocycles. The van der Waals surface area contributed by atoms with Gasteiger partial charge in [-0.05, 0) is 37.8 Å². The predicted molar refractivity (Wildman–Crippen MR) is 105 cm³/mol. The van der Waals surface area contributed by atoms with Gasteiger partial charge >= 0.3 is 0 Å². The summed E-state index contributed by atoms with van der Waals surface area (Å²) in [5.41, 5.74) is 0. The number of para-hydroxylation sites is 1. The SMILES string of the molecule is O=C([C@@H]1C[C@H](Oc2ccccc2)CN1C1CCOCC1)N1CCCCCC1. The quantitative estimate of drug-likeness (QED) is 0.815. The summed E-state index contributed by atoms with van der Waals surface area (Å²) in [6, 6.07) is 10.4. The molecular weight excluding hydrogens is 340 g/mol. The maximum atomic E-state index is 13.4. The van der Waals surface area contributed by atoms with Gasteiger partial charge < -0.3 is 14.4 Å². The summed E-state index contributed by atoms with van der Waals surface area (Å²) >= 11 is 0. The van der Waals surface area contributed by atoms with Gasteiger partial charge in [-0.3, -0.25) is 9.69 Å². The minimum Gasteiger partial charge on any atom is -0.489 e. The number of rotatable bonds is 4. The van der Waals surface area contributed by atoms with Crippen molar-refractivity contribution in [3.05, 3.63) is 30.3 Å². The monoisotopic (exact) mass is 372 g/mol. The fourth-order valence-electron chi connectivity index (χ4n) is 4.76. The number of ether oxygens (including phenoxy) is 2. The first-order valence-electron chi connectivity index (χ1n) is 10.7. The van der Waals surface area contributed by atoms with Crippen molar-refractivity contribution in [3.63, 3.8) is 0 Å². The molecule has 0 saturated carbocycles. The summed E-state index contributed by atoms with van der Waals surface area (Å²) in [4.78, 5) is 18.0. The summed E-state index contributed by atoms with van der Waals surface area (Å²) in [6.45, 7) is 4.28. The van der Waals surface area contributed by atoms with Crippen LogP contribution in [0.25, 0.3) is 0 Å². The van der Waals surface area contributed by atoms with E-state index in [1.807, 2.05) is 30.3 Å². The molecule has 3 saturated heterocycles. The van der Waals surface area contributed by atoms with Crippen LogP contribution in [0.4, 0.5) is 0 Å². The molecule has 2 atom stereocenters. The van der Waals surface area contributed by atoms with Gasteiger partial charge in [0.15, 0.2) is 0 Å². The number of benzene rings is 1. The lowest BCUT2D eigenvalue weighted by molar-refractivity contribution is -0.137. The van der Waals surface area contributed by atoms with Crippen molar-refractivity contribution in [2.75, 3.05) is 32.8 Å². The van der Waals surface area contributed by atoms with Gasteiger partial charge in [-0.25, -0.2) is 0 Å². The van der Waals surface area contributed by atoms with E-state index in [-0.39, 0.29) is 12.1 Å². The zero-order chi connectivity index (χ0) is 18.5. The van der Waals surface area contributed by atoms with E-state index >= 15 is 0 Å². The molecular formula is C22H32N2O3. The van der Waals surface area contributed by atoms with Gasteiger partial charge in [0, 0.05) is 45.3 Å². The lowest BCUT2D eigenvalue weighted by Gasteiger charge is -2.36. The van der Waals surface area contributed by atoms with Gasteiger partial charge in [-0.1, -0.05) is 31.0 Å². The number of carbonyl (C=O) groups is 1. The Bertz CT molecular complexity index is 595. The summed E-state index contributed by atoms with van der Waals surface area (Å²) < 4.78 is 11.8. The van der Waals surface area contributed by atoms with Crippen LogP contribution in [-0.2, 0) is 9.53 Å². The summed E-state index contributed by atoms with van der Waals surface area (Å²) in [6.07, 6.45) is 7.68. The maximum absolute atomic E-state index is 13.4. The molecule has 5 heteroatoms. The Hall–Kier alpha value is -1.59. The molecule has 5 nitrogen and oxygen atoms in total. The summed E-state index contributed by atoms with van der Waals surface area (Å²) in [5, 5.41) is 0. The van der Waals surface area contributed by atoms with E-state index < -0.39 is 0 Å². The highest BCUT2D eigenvalue weighted by Crippen LogP contribution is 2.30. The van der Waals surface area contributed by atoms with Gasteiger partial charge in [-0.2, -0.15) is 0 Å². The van der Waals surface area contributed by atoms with Crippen LogP contribution in [0, 0.1) is 0 Å². The molecule has 3 aliphatic heterocycles. The highest BCUT2D eigenvalue weighted by molar-refractivity contribution is 5.82. The van der Waals surface area contributed by atoms with Crippen LogP contribution >= 0.6 is 0 Å². The lowest BCUT2D eigenvalue weighted by atomic mass is 10.1. The number of nitrogens with zero attached hydrogens (tertiary/aromatic N) is 2. The summed E-state index contributed by atoms with van der Waals surface area (Å²) in [5.74, 6) is 1.22. The lowest BCUT2D eigenvalue weighted by Crippen LogP contribution is -2.50. The van der Waals surface area contributed by atoms with Crippen LogP contribution in [-0.4, -0.2) is 66.7 Å². The average molecular weight is 373 g/mol. The molecule has 0 aromatic heterocycles. The molecule has 0 unspecified atom stereocenters. The Morgan fingerprint density at radius 2 is 1.70 bits per heavy atom. The first kappa shape index (κ1) is 18.8. The van der Waals surface area contributed by atoms with Gasteiger partial charge in [0.05, 0.1) is 6.04 Å². The summed E-state index contributed by atoms with van der Waals surface area (Å²) in [7, 11) is 0. The van der Waals surface area contributed by atoms with Gasteiger partial charge in [-0.15, -0.1) is 0 Å². The van der Waals surface area contributed by atoms with Crippen molar-refractivity contribution in [1.82, 2.24) is 9.80 Å². The molecule has 3 fully saturated rings. The number of carbonyl (C=O) groups excluding carboxylic acids is 1. The molecule has 1 aromatic rings. The fourth-order valence-corrected chi connectivity index (χ4v) is 4.76. The van der Waals surface area contributed by atoms with Crippen molar-refractivity contribution in [2.24, 2.45) is 0 Å². The van der Waals surface area contributed by atoms with Gasteiger partial charge in [0.25, 0.3) is 0 Å². The Morgan fingerprint density at radius 3 is 2.41 bits per heavy atom. The van der Waals surface area contributed by atoms with Crippen LogP contribution in [0.3, 0.4) is 0 Å². The third-order valence-corrected chi connectivity index (χ3v) is 6.21.